The first kappa shape index (κ1) is 23.9. The van der Waals surface area contributed by atoms with E-state index in [1.807, 2.05) is 30.3 Å². The predicted molar refractivity (Wildman–Crippen MR) is 140 cm³/mol. The van der Waals surface area contributed by atoms with E-state index in [-0.39, 0.29) is 23.7 Å². The minimum Gasteiger partial charge on any atom is -0.507 e. The maximum atomic E-state index is 13.4. The van der Waals surface area contributed by atoms with Crippen LogP contribution in [0.1, 0.15) is 29.8 Å². The summed E-state index contributed by atoms with van der Waals surface area (Å²) in [5.41, 5.74) is 2.03. The number of benzene rings is 3. The molecule has 1 aromatic heterocycles. The molecular weight excluding hydrogens is 468 g/mol. The van der Waals surface area contributed by atoms with Crippen LogP contribution in [0.3, 0.4) is 0 Å². The average molecular weight is 493 g/mol. The van der Waals surface area contributed by atoms with Gasteiger partial charge in [0.15, 0.2) is 0 Å². The highest BCUT2D eigenvalue weighted by atomic mass is 16.5. The molecule has 3 aromatic carbocycles. The lowest BCUT2D eigenvalue weighted by Crippen LogP contribution is -2.29. The molecule has 1 fully saturated rings. The number of hydrogen-bond donors (Lipinski definition) is 1. The fourth-order valence-electron chi connectivity index (χ4n) is 4.65. The number of pyridine rings is 1. The van der Waals surface area contributed by atoms with Gasteiger partial charge in [-0.1, -0.05) is 60.7 Å². The molecule has 0 aliphatic carbocycles. The van der Waals surface area contributed by atoms with Gasteiger partial charge in [0.2, 0.25) is 0 Å². The van der Waals surface area contributed by atoms with Crippen molar-refractivity contribution in [1.29, 1.82) is 0 Å². The molecule has 1 atom stereocenters. The number of aromatic nitrogens is 1. The van der Waals surface area contributed by atoms with Crippen molar-refractivity contribution >= 4 is 39.9 Å². The van der Waals surface area contributed by atoms with E-state index in [0.29, 0.717) is 29.1 Å². The van der Waals surface area contributed by atoms with Gasteiger partial charge in [-0.2, -0.15) is 0 Å². The van der Waals surface area contributed by atoms with Crippen LogP contribution in [-0.2, 0) is 25.5 Å². The van der Waals surface area contributed by atoms with E-state index in [0.717, 1.165) is 10.8 Å². The highest BCUT2D eigenvalue weighted by Gasteiger charge is 2.47. The molecule has 5 rings (SSSR count). The number of fused-ring (bicyclic) bond motifs is 1. The van der Waals surface area contributed by atoms with Crippen molar-refractivity contribution in [1.82, 2.24) is 4.98 Å². The molecule has 1 unspecified atom stereocenters. The summed E-state index contributed by atoms with van der Waals surface area (Å²) < 4.78 is 5.00. The molecule has 1 saturated heterocycles. The van der Waals surface area contributed by atoms with Gasteiger partial charge in [0.25, 0.3) is 11.7 Å². The highest BCUT2D eigenvalue weighted by molar-refractivity contribution is 6.51. The van der Waals surface area contributed by atoms with Gasteiger partial charge in [0.1, 0.15) is 11.8 Å². The first-order chi connectivity index (χ1) is 18.0. The highest BCUT2D eigenvalue weighted by Crippen LogP contribution is 2.42. The predicted octanol–water partition coefficient (Wildman–Crippen LogP) is 4.97. The number of hydrogen-bond acceptors (Lipinski definition) is 6. The Morgan fingerprint density at radius 2 is 1.68 bits per heavy atom. The van der Waals surface area contributed by atoms with Gasteiger partial charge in [0.05, 0.1) is 24.3 Å². The molecule has 0 radical (unpaired) electrons. The number of anilines is 1. The summed E-state index contributed by atoms with van der Waals surface area (Å²) in [4.78, 5) is 44.4. The number of aliphatic hydroxyl groups is 1. The van der Waals surface area contributed by atoms with Crippen LogP contribution in [0.4, 0.5) is 5.69 Å². The van der Waals surface area contributed by atoms with Crippen molar-refractivity contribution in [3.8, 4) is 0 Å². The maximum Gasteiger partial charge on any atom is 0.310 e. The molecule has 1 amide bonds. The number of aliphatic hydroxyl groups excluding tert-OH is 1. The molecular formula is C30H24N2O5. The van der Waals surface area contributed by atoms with Crippen LogP contribution >= 0.6 is 0 Å². The number of ketones is 1. The fourth-order valence-corrected chi connectivity index (χ4v) is 4.65. The second-order valence-corrected chi connectivity index (χ2v) is 8.60. The first-order valence-electron chi connectivity index (χ1n) is 11.9. The second-order valence-electron chi connectivity index (χ2n) is 8.60. The van der Waals surface area contributed by atoms with E-state index in [4.69, 9.17) is 4.74 Å². The fraction of sp³-hybridized carbons (Fsp3) is 0.133. The smallest absolute Gasteiger partial charge is 0.310 e. The largest absolute Gasteiger partial charge is 0.507 e. The Labute approximate surface area is 213 Å². The number of esters is 1. The topological polar surface area (TPSA) is 96.8 Å². The van der Waals surface area contributed by atoms with E-state index in [1.54, 1.807) is 67.7 Å². The van der Waals surface area contributed by atoms with Gasteiger partial charge in [-0.25, -0.2) is 0 Å². The summed E-state index contributed by atoms with van der Waals surface area (Å²) in [6.45, 7) is 2.04. The number of ether oxygens (including phenoxy) is 1. The van der Waals surface area contributed by atoms with Gasteiger partial charge in [0, 0.05) is 17.4 Å². The molecule has 1 aliphatic heterocycles. The van der Waals surface area contributed by atoms with Crippen LogP contribution in [0, 0.1) is 0 Å². The summed E-state index contributed by atoms with van der Waals surface area (Å²) in [6.07, 6.45) is 1.67. The van der Waals surface area contributed by atoms with Crippen LogP contribution in [0.15, 0.2) is 96.7 Å². The van der Waals surface area contributed by atoms with E-state index in [1.165, 1.54) is 4.90 Å². The summed E-state index contributed by atoms with van der Waals surface area (Å²) in [6, 6.07) is 24.0. The van der Waals surface area contributed by atoms with Crippen molar-refractivity contribution in [2.75, 3.05) is 11.5 Å². The van der Waals surface area contributed by atoms with E-state index in [2.05, 4.69) is 4.98 Å². The number of rotatable bonds is 6. The quantitative estimate of drug-likeness (QED) is 0.177. The summed E-state index contributed by atoms with van der Waals surface area (Å²) in [7, 11) is 0. The molecule has 4 aromatic rings. The van der Waals surface area contributed by atoms with Gasteiger partial charge in [-0.05, 0) is 47.5 Å². The third-order valence-electron chi connectivity index (χ3n) is 6.33. The van der Waals surface area contributed by atoms with Crippen LogP contribution in [0.2, 0.25) is 0 Å². The zero-order valence-electron chi connectivity index (χ0n) is 20.1. The molecule has 1 aliphatic rings. The number of nitrogens with zero attached hydrogens (tertiary/aromatic N) is 2. The van der Waals surface area contributed by atoms with Crippen LogP contribution < -0.4 is 4.90 Å². The molecule has 2 heterocycles. The van der Waals surface area contributed by atoms with Crippen molar-refractivity contribution < 1.29 is 24.2 Å². The molecule has 184 valence electrons. The molecule has 0 saturated carbocycles. The van der Waals surface area contributed by atoms with Gasteiger partial charge < -0.3 is 9.84 Å². The third kappa shape index (κ3) is 4.47. The Morgan fingerprint density at radius 1 is 0.946 bits per heavy atom. The van der Waals surface area contributed by atoms with Crippen LogP contribution in [0.5, 0.6) is 0 Å². The van der Waals surface area contributed by atoms with Gasteiger partial charge >= 0.3 is 5.97 Å². The van der Waals surface area contributed by atoms with Crippen molar-refractivity contribution in [3.63, 3.8) is 0 Å². The number of carbonyl (C=O) groups is 3. The molecule has 0 spiro atoms. The Morgan fingerprint density at radius 3 is 2.41 bits per heavy atom. The Kier molecular flexibility index (Phi) is 6.51. The van der Waals surface area contributed by atoms with Gasteiger partial charge in [-0.3, -0.25) is 24.3 Å². The SMILES string of the molecule is CCOC(=O)Cc1ccc(N2C(=O)C(=O)/C(=C(\O)c3cccc4ccccc34)C2c2ccccn2)cc1. The first-order valence-corrected chi connectivity index (χ1v) is 11.9. The molecule has 7 nitrogen and oxygen atoms in total. The molecule has 37 heavy (non-hydrogen) atoms. The molecule has 7 heteroatoms. The summed E-state index contributed by atoms with van der Waals surface area (Å²) in [5, 5.41) is 13.2. The van der Waals surface area contributed by atoms with E-state index >= 15 is 0 Å². The number of carbonyl (C=O) groups excluding carboxylic acids is 3. The summed E-state index contributed by atoms with van der Waals surface area (Å²) in [5.74, 6) is -2.17. The number of Topliss-reactive ketones (excluding diaryl/α,β-unsaturated/α-hetero) is 1. The average Bonchev–Trinajstić information content (AvgIpc) is 3.19. The summed E-state index contributed by atoms with van der Waals surface area (Å²) >= 11 is 0. The lowest BCUT2D eigenvalue weighted by atomic mass is 9.95. The minimum atomic E-state index is -0.934. The zero-order chi connectivity index (χ0) is 25.9. The molecule has 0 bridgehead atoms. The Balaban J connectivity index is 1.63. The standard InChI is InChI=1S/C30H24N2O5/c1-2-37-25(33)18-19-13-15-21(16-14-19)32-27(24-12-5-6-17-31-24)26(29(35)30(32)36)28(34)23-11-7-9-20-8-3-4-10-22(20)23/h3-17,27,34H,2,18H2,1H3/b28-26-. The second kappa shape index (κ2) is 10.1. The molecule has 1 N–H and O–H groups in total. The Bertz CT molecular complexity index is 1520. The van der Waals surface area contributed by atoms with Crippen LogP contribution in [-0.4, -0.2) is 34.4 Å². The normalized spacial score (nSPS) is 16.8. The minimum absolute atomic E-state index is 0.0318. The monoisotopic (exact) mass is 492 g/mol. The van der Waals surface area contributed by atoms with Crippen molar-refractivity contribution in [3.05, 3.63) is 114 Å². The Hall–Kier alpha value is -4.78. The van der Waals surface area contributed by atoms with E-state index in [9.17, 15) is 19.5 Å². The third-order valence-corrected chi connectivity index (χ3v) is 6.33. The van der Waals surface area contributed by atoms with Crippen molar-refractivity contribution in [2.45, 2.75) is 19.4 Å². The van der Waals surface area contributed by atoms with E-state index < -0.39 is 17.7 Å². The zero-order valence-corrected chi connectivity index (χ0v) is 20.1. The lowest BCUT2D eigenvalue weighted by molar-refractivity contribution is -0.142. The van der Waals surface area contributed by atoms with Crippen molar-refractivity contribution in [2.24, 2.45) is 0 Å². The number of amides is 1. The van der Waals surface area contributed by atoms with Gasteiger partial charge in [-0.15, -0.1) is 0 Å². The lowest BCUT2D eigenvalue weighted by Gasteiger charge is -2.25. The van der Waals surface area contributed by atoms with Crippen LogP contribution in [0.25, 0.3) is 16.5 Å². The maximum absolute atomic E-state index is 13.4.